The lowest BCUT2D eigenvalue weighted by Crippen LogP contribution is -2.48. The number of nitrogens with one attached hydrogen (secondary N) is 2. The second-order valence-corrected chi connectivity index (χ2v) is 7.27. The fourth-order valence-electron chi connectivity index (χ4n) is 3.01. The summed E-state index contributed by atoms with van der Waals surface area (Å²) in [4.78, 5) is 2.47. The normalized spacial score (nSPS) is 18.9. The van der Waals surface area contributed by atoms with Crippen LogP contribution >= 0.6 is 12.2 Å². The number of benzene rings is 1. The van der Waals surface area contributed by atoms with Crippen LogP contribution in [0.15, 0.2) is 18.2 Å². The molecule has 0 saturated carbocycles. The van der Waals surface area contributed by atoms with E-state index in [-0.39, 0.29) is 6.10 Å². The molecule has 0 amide bonds. The Morgan fingerprint density at radius 2 is 2.00 bits per heavy atom. The van der Waals surface area contributed by atoms with Crippen molar-refractivity contribution >= 4 is 23.0 Å². The molecule has 1 saturated heterocycles. The van der Waals surface area contributed by atoms with Gasteiger partial charge in [0.2, 0.25) is 0 Å². The van der Waals surface area contributed by atoms with Crippen molar-refractivity contribution in [2.75, 3.05) is 38.1 Å². The van der Waals surface area contributed by atoms with E-state index in [2.05, 4.69) is 61.4 Å². The van der Waals surface area contributed by atoms with Crippen molar-refractivity contribution in [3.05, 3.63) is 29.3 Å². The molecule has 1 atom stereocenters. The summed E-state index contributed by atoms with van der Waals surface area (Å²) in [6.45, 7) is 13.4. The molecule has 0 aliphatic carbocycles. The minimum Gasteiger partial charge on any atom is -0.374 e. The van der Waals surface area contributed by atoms with Crippen LogP contribution in [0.3, 0.4) is 0 Å². The molecule has 0 spiro atoms. The van der Waals surface area contributed by atoms with Gasteiger partial charge in [-0.1, -0.05) is 19.9 Å². The van der Waals surface area contributed by atoms with Crippen LogP contribution < -0.4 is 10.6 Å². The quantitative estimate of drug-likeness (QED) is 0.809. The largest absolute Gasteiger partial charge is 0.374 e. The lowest BCUT2D eigenvalue weighted by Gasteiger charge is -2.34. The highest BCUT2D eigenvalue weighted by Gasteiger charge is 2.20. The number of hydrogen-bond donors (Lipinski definition) is 2. The number of nitrogens with zero attached hydrogens (tertiary/aromatic N) is 1. The Morgan fingerprint density at radius 3 is 2.65 bits per heavy atom. The zero-order valence-corrected chi connectivity index (χ0v) is 15.5. The summed E-state index contributed by atoms with van der Waals surface area (Å²) >= 11 is 5.40. The zero-order valence-electron chi connectivity index (χ0n) is 14.7. The Kier molecular flexibility index (Phi) is 6.81. The average molecular weight is 336 g/mol. The Morgan fingerprint density at radius 1 is 1.30 bits per heavy atom. The minimum atomic E-state index is 0.196. The fraction of sp³-hybridized carbons (Fsp3) is 0.611. The van der Waals surface area contributed by atoms with E-state index in [1.165, 1.54) is 11.1 Å². The summed E-state index contributed by atoms with van der Waals surface area (Å²) in [5.74, 6) is 0.689. The molecule has 1 aliphatic rings. The van der Waals surface area contributed by atoms with E-state index >= 15 is 0 Å². The van der Waals surface area contributed by atoms with Gasteiger partial charge in [0, 0.05) is 31.9 Å². The molecule has 4 nitrogen and oxygen atoms in total. The molecule has 128 valence electrons. The highest BCUT2D eigenvalue weighted by Crippen LogP contribution is 2.13. The molecule has 0 aromatic heterocycles. The summed E-state index contributed by atoms with van der Waals surface area (Å²) in [6.07, 6.45) is 0.196. The maximum Gasteiger partial charge on any atom is 0.170 e. The molecule has 0 bridgehead atoms. The van der Waals surface area contributed by atoms with Gasteiger partial charge in [-0.3, -0.25) is 4.90 Å². The van der Waals surface area contributed by atoms with Gasteiger partial charge >= 0.3 is 0 Å². The standard InChI is InChI=1S/C18H29N3OS/c1-13(2)11-21-5-6-22-17(12-21)10-19-18(23)20-16-8-14(3)7-15(4)9-16/h7-9,13,17H,5-6,10-12H2,1-4H3,(H2,19,20,23)/t17-/m1/s1. The first-order valence-electron chi connectivity index (χ1n) is 8.39. The Labute approximate surface area is 145 Å². The molecule has 2 rings (SSSR count). The molecule has 1 heterocycles. The summed E-state index contributed by atoms with van der Waals surface area (Å²) in [5, 5.41) is 7.19. The summed E-state index contributed by atoms with van der Waals surface area (Å²) in [6, 6.07) is 6.35. The van der Waals surface area contributed by atoms with Crippen LogP contribution in [0.4, 0.5) is 5.69 Å². The molecule has 1 aromatic carbocycles. The number of morpholine rings is 1. The first-order valence-corrected chi connectivity index (χ1v) is 8.80. The number of aryl methyl sites for hydroxylation is 2. The smallest absolute Gasteiger partial charge is 0.170 e. The Bertz CT molecular complexity index is 513. The van der Waals surface area contributed by atoms with Crippen LogP contribution in [0.25, 0.3) is 0 Å². The fourth-order valence-corrected chi connectivity index (χ4v) is 3.22. The molecule has 0 radical (unpaired) electrons. The number of thiocarbonyl (C=S) groups is 1. The van der Waals surface area contributed by atoms with Crippen LogP contribution in [-0.2, 0) is 4.74 Å². The van der Waals surface area contributed by atoms with Gasteiger partial charge in [0.05, 0.1) is 12.7 Å². The van der Waals surface area contributed by atoms with Crippen LogP contribution in [0, 0.1) is 19.8 Å². The first-order chi connectivity index (χ1) is 10.9. The number of ether oxygens (including phenoxy) is 1. The lowest BCUT2D eigenvalue weighted by atomic mass is 10.1. The molecular formula is C18H29N3OS. The predicted molar refractivity (Wildman–Crippen MR) is 101 cm³/mol. The van der Waals surface area contributed by atoms with Gasteiger partial charge < -0.3 is 15.4 Å². The van der Waals surface area contributed by atoms with Crippen molar-refractivity contribution in [2.45, 2.75) is 33.8 Å². The maximum atomic E-state index is 5.84. The van der Waals surface area contributed by atoms with Gasteiger partial charge in [-0.05, 0) is 55.2 Å². The molecule has 0 unspecified atom stereocenters. The third kappa shape index (κ3) is 6.45. The third-order valence-corrected chi connectivity index (χ3v) is 4.06. The van der Waals surface area contributed by atoms with E-state index in [1.807, 2.05) is 0 Å². The Hall–Kier alpha value is -1.17. The molecular weight excluding hydrogens is 306 g/mol. The molecule has 1 fully saturated rings. The van der Waals surface area contributed by atoms with E-state index in [1.54, 1.807) is 0 Å². The van der Waals surface area contributed by atoms with Crippen molar-refractivity contribution in [1.29, 1.82) is 0 Å². The number of rotatable bonds is 5. The molecule has 2 N–H and O–H groups in total. The van der Waals surface area contributed by atoms with Gasteiger partial charge in [-0.25, -0.2) is 0 Å². The van der Waals surface area contributed by atoms with Gasteiger partial charge in [0.15, 0.2) is 5.11 Å². The van der Waals surface area contributed by atoms with Crippen LogP contribution in [0.2, 0.25) is 0 Å². The van der Waals surface area contributed by atoms with Crippen LogP contribution in [0.1, 0.15) is 25.0 Å². The van der Waals surface area contributed by atoms with Crippen molar-refractivity contribution in [1.82, 2.24) is 10.2 Å². The zero-order chi connectivity index (χ0) is 16.8. The number of anilines is 1. The van der Waals surface area contributed by atoms with Crippen molar-refractivity contribution in [3.63, 3.8) is 0 Å². The molecule has 5 heteroatoms. The van der Waals surface area contributed by atoms with Crippen molar-refractivity contribution in [2.24, 2.45) is 5.92 Å². The SMILES string of the molecule is Cc1cc(C)cc(NC(=S)NC[C@@H]2CN(CC(C)C)CCO2)c1. The van der Waals surface area contributed by atoms with Gasteiger partial charge in [-0.2, -0.15) is 0 Å². The molecule has 1 aromatic rings. The van der Waals surface area contributed by atoms with Crippen molar-refractivity contribution in [3.8, 4) is 0 Å². The van der Waals surface area contributed by atoms with Crippen LogP contribution in [-0.4, -0.2) is 48.9 Å². The number of hydrogen-bond acceptors (Lipinski definition) is 3. The molecule has 1 aliphatic heterocycles. The summed E-state index contributed by atoms with van der Waals surface area (Å²) in [5.41, 5.74) is 3.50. The van der Waals surface area contributed by atoms with Crippen molar-refractivity contribution < 1.29 is 4.74 Å². The van der Waals surface area contributed by atoms with E-state index in [9.17, 15) is 0 Å². The predicted octanol–water partition coefficient (Wildman–Crippen LogP) is 2.95. The molecule has 23 heavy (non-hydrogen) atoms. The highest BCUT2D eigenvalue weighted by molar-refractivity contribution is 7.80. The topological polar surface area (TPSA) is 36.5 Å². The third-order valence-electron chi connectivity index (χ3n) is 3.82. The van der Waals surface area contributed by atoms with E-state index in [0.717, 1.165) is 38.5 Å². The van der Waals surface area contributed by atoms with Gasteiger partial charge in [0.1, 0.15) is 0 Å². The second-order valence-electron chi connectivity index (χ2n) is 6.86. The van der Waals surface area contributed by atoms with Crippen LogP contribution in [0.5, 0.6) is 0 Å². The maximum absolute atomic E-state index is 5.84. The summed E-state index contributed by atoms with van der Waals surface area (Å²) < 4.78 is 5.84. The van der Waals surface area contributed by atoms with Gasteiger partial charge in [0.25, 0.3) is 0 Å². The Balaban J connectivity index is 1.77. The minimum absolute atomic E-state index is 0.196. The van der Waals surface area contributed by atoms with E-state index in [4.69, 9.17) is 17.0 Å². The average Bonchev–Trinajstić information content (AvgIpc) is 2.43. The van der Waals surface area contributed by atoms with E-state index < -0.39 is 0 Å². The monoisotopic (exact) mass is 335 g/mol. The first kappa shape index (κ1) is 18.2. The summed E-state index contributed by atoms with van der Waals surface area (Å²) in [7, 11) is 0. The van der Waals surface area contributed by atoms with E-state index in [0.29, 0.717) is 11.0 Å². The lowest BCUT2D eigenvalue weighted by molar-refractivity contribution is -0.0283. The highest BCUT2D eigenvalue weighted by atomic mass is 32.1. The van der Waals surface area contributed by atoms with Gasteiger partial charge in [-0.15, -0.1) is 0 Å². The second kappa shape index (κ2) is 8.62.